The van der Waals surface area contributed by atoms with Crippen LogP contribution < -0.4 is 10.6 Å². The van der Waals surface area contributed by atoms with Crippen molar-refractivity contribution >= 4 is 23.4 Å². The summed E-state index contributed by atoms with van der Waals surface area (Å²) in [5.74, 6) is -1.48. The Kier molecular flexibility index (Phi) is 6.05. The van der Waals surface area contributed by atoms with Crippen LogP contribution in [-0.4, -0.2) is 29.9 Å². The van der Waals surface area contributed by atoms with Crippen LogP contribution in [0.5, 0.6) is 0 Å². The minimum atomic E-state index is -0.667. The molecular weight excluding hydrogens is 321 g/mol. The number of carbonyl (C=O) groups is 2. The highest BCUT2D eigenvalue weighted by molar-refractivity contribution is 6.33. The van der Waals surface area contributed by atoms with Gasteiger partial charge in [0.1, 0.15) is 5.82 Å². The van der Waals surface area contributed by atoms with E-state index in [1.54, 1.807) is 18.3 Å². The molecule has 0 fully saturated rings. The highest BCUT2D eigenvalue weighted by atomic mass is 35.5. The third-order valence-electron chi connectivity index (χ3n) is 3.04. The molecule has 7 heteroatoms. The first-order valence-electron chi connectivity index (χ1n) is 7.00. The average molecular weight is 336 g/mol. The largest absolute Gasteiger partial charge is 0.352 e. The summed E-state index contributed by atoms with van der Waals surface area (Å²) in [6.07, 6.45) is 3.56. The molecule has 0 saturated heterocycles. The first kappa shape index (κ1) is 16.9. The van der Waals surface area contributed by atoms with Crippen molar-refractivity contribution in [2.75, 3.05) is 13.1 Å². The number of carbonyl (C=O) groups excluding carboxylic acids is 2. The van der Waals surface area contributed by atoms with Crippen molar-refractivity contribution in [1.29, 1.82) is 0 Å². The Morgan fingerprint density at radius 3 is 2.48 bits per heavy atom. The predicted molar refractivity (Wildman–Crippen MR) is 84.9 cm³/mol. The van der Waals surface area contributed by atoms with Crippen molar-refractivity contribution in [3.63, 3.8) is 0 Å². The summed E-state index contributed by atoms with van der Waals surface area (Å²) >= 11 is 5.81. The van der Waals surface area contributed by atoms with Crippen molar-refractivity contribution < 1.29 is 14.0 Å². The average Bonchev–Trinajstić information content (AvgIpc) is 2.55. The predicted octanol–water partition coefficient (Wildman–Crippen LogP) is 2.42. The number of hydrogen-bond donors (Lipinski definition) is 2. The number of rotatable bonds is 6. The third kappa shape index (κ3) is 4.75. The molecule has 0 spiro atoms. The number of benzene rings is 1. The number of aromatic nitrogens is 1. The molecule has 0 unspecified atom stereocenters. The summed E-state index contributed by atoms with van der Waals surface area (Å²) in [6, 6.07) is 7.39. The molecule has 1 aromatic carbocycles. The maximum Gasteiger partial charge on any atom is 0.255 e. The van der Waals surface area contributed by atoms with E-state index in [1.807, 2.05) is 0 Å². The Morgan fingerprint density at radius 2 is 1.83 bits per heavy atom. The van der Waals surface area contributed by atoms with E-state index in [9.17, 15) is 14.0 Å². The van der Waals surface area contributed by atoms with Gasteiger partial charge in [0.15, 0.2) is 0 Å². The molecule has 120 valence electrons. The van der Waals surface area contributed by atoms with Gasteiger partial charge in [-0.1, -0.05) is 17.7 Å². The van der Waals surface area contributed by atoms with Crippen molar-refractivity contribution in [2.24, 2.45) is 0 Å². The lowest BCUT2D eigenvalue weighted by Gasteiger charge is -2.08. The van der Waals surface area contributed by atoms with Crippen LogP contribution in [-0.2, 0) is 0 Å². The molecule has 0 atom stereocenters. The second-order valence-electron chi connectivity index (χ2n) is 4.70. The van der Waals surface area contributed by atoms with Gasteiger partial charge in [-0.3, -0.25) is 14.6 Å². The van der Waals surface area contributed by atoms with Crippen LogP contribution in [0.4, 0.5) is 4.39 Å². The zero-order chi connectivity index (χ0) is 16.7. The van der Waals surface area contributed by atoms with Crippen LogP contribution in [0.3, 0.4) is 0 Å². The van der Waals surface area contributed by atoms with Crippen molar-refractivity contribution in [3.8, 4) is 0 Å². The second kappa shape index (κ2) is 8.24. The van der Waals surface area contributed by atoms with E-state index in [0.29, 0.717) is 18.5 Å². The van der Waals surface area contributed by atoms with Crippen LogP contribution in [0, 0.1) is 5.82 Å². The monoisotopic (exact) mass is 335 g/mol. The third-order valence-corrected chi connectivity index (χ3v) is 3.35. The molecule has 1 aromatic heterocycles. The Hall–Kier alpha value is -2.47. The summed E-state index contributed by atoms with van der Waals surface area (Å²) in [5.41, 5.74) is 0.295. The van der Waals surface area contributed by atoms with Gasteiger partial charge >= 0.3 is 0 Å². The van der Waals surface area contributed by atoms with E-state index in [1.165, 1.54) is 24.4 Å². The van der Waals surface area contributed by atoms with Gasteiger partial charge in [-0.15, -0.1) is 0 Å². The fourth-order valence-corrected chi connectivity index (χ4v) is 2.14. The van der Waals surface area contributed by atoms with Gasteiger partial charge in [0.2, 0.25) is 0 Å². The Bertz CT molecular complexity index is 675. The SMILES string of the molecule is O=C(NCCCNC(=O)c1c(F)cccc1Cl)c1cccnc1. The summed E-state index contributed by atoms with van der Waals surface area (Å²) in [4.78, 5) is 27.5. The van der Waals surface area contributed by atoms with Crippen LogP contribution in [0.15, 0.2) is 42.7 Å². The molecular formula is C16H15ClFN3O2. The fourth-order valence-electron chi connectivity index (χ4n) is 1.89. The first-order chi connectivity index (χ1) is 11.1. The number of nitrogens with one attached hydrogen (secondary N) is 2. The topological polar surface area (TPSA) is 71.1 Å². The molecule has 5 nitrogen and oxygen atoms in total. The van der Waals surface area contributed by atoms with Crippen LogP contribution in [0.1, 0.15) is 27.1 Å². The Morgan fingerprint density at radius 1 is 1.09 bits per heavy atom. The maximum absolute atomic E-state index is 13.6. The number of halogens is 2. The molecule has 0 radical (unpaired) electrons. The molecule has 0 aliphatic rings. The molecule has 0 saturated carbocycles. The second-order valence-corrected chi connectivity index (χ2v) is 5.11. The molecule has 2 aromatic rings. The van der Waals surface area contributed by atoms with Gasteiger partial charge in [-0.05, 0) is 30.7 Å². The van der Waals surface area contributed by atoms with Crippen LogP contribution in [0.2, 0.25) is 5.02 Å². The highest BCUT2D eigenvalue weighted by Gasteiger charge is 2.14. The lowest BCUT2D eigenvalue weighted by molar-refractivity contribution is 0.0949. The molecule has 2 rings (SSSR count). The van der Waals surface area contributed by atoms with Crippen LogP contribution in [0.25, 0.3) is 0 Å². The van der Waals surface area contributed by atoms with E-state index in [0.717, 1.165) is 0 Å². The van der Waals surface area contributed by atoms with E-state index >= 15 is 0 Å². The van der Waals surface area contributed by atoms with Gasteiger partial charge in [-0.2, -0.15) is 0 Å². The first-order valence-corrected chi connectivity index (χ1v) is 7.38. The summed E-state index contributed by atoms with van der Waals surface area (Å²) in [6.45, 7) is 0.663. The van der Waals surface area contributed by atoms with Crippen molar-refractivity contribution in [2.45, 2.75) is 6.42 Å². The van der Waals surface area contributed by atoms with E-state index in [2.05, 4.69) is 15.6 Å². The van der Waals surface area contributed by atoms with Crippen molar-refractivity contribution in [3.05, 3.63) is 64.7 Å². The Balaban J connectivity index is 1.73. The number of pyridine rings is 1. The van der Waals surface area contributed by atoms with Crippen LogP contribution >= 0.6 is 11.6 Å². The van der Waals surface area contributed by atoms with E-state index < -0.39 is 11.7 Å². The van der Waals surface area contributed by atoms with Gasteiger partial charge in [0, 0.05) is 25.5 Å². The van der Waals surface area contributed by atoms with E-state index in [-0.39, 0.29) is 23.0 Å². The van der Waals surface area contributed by atoms with Gasteiger partial charge < -0.3 is 10.6 Å². The van der Waals surface area contributed by atoms with Gasteiger partial charge in [0.25, 0.3) is 11.8 Å². The minimum absolute atomic E-state index is 0.0624. The Labute approximate surface area is 137 Å². The fraction of sp³-hybridized carbons (Fsp3) is 0.188. The normalized spacial score (nSPS) is 10.2. The maximum atomic E-state index is 13.6. The van der Waals surface area contributed by atoms with Gasteiger partial charge in [-0.25, -0.2) is 4.39 Å². The number of amides is 2. The molecule has 2 N–H and O–H groups in total. The zero-order valence-corrected chi connectivity index (χ0v) is 12.9. The molecule has 23 heavy (non-hydrogen) atoms. The lowest BCUT2D eigenvalue weighted by atomic mass is 10.2. The quantitative estimate of drug-likeness (QED) is 0.796. The molecule has 0 aliphatic heterocycles. The standard InChI is InChI=1S/C16H15ClFN3O2/c17-12-5-1-6-13(18)14(12)16(23)21-9-3-8-20-15(22)11-4-2-7-19-10-11/h1-2,4-7,10H,3,8-9H2,(H,20,22)(H,21,23). The number of hydrogen-bond acceptors (Lipinski definition) is 3. The summed E-state index contributed by atoms with van der Waals surface area (Å²) in [7, 11) is 0. The number of nitrogens with zero attached hydrogens (tertiary/aromatic N) is 1. The van der Waals surface area contributed by atoms with Gasteiger partial charge in [0.05, 0.1) is 16.1 Å². The van der Waals surface area contributed by atoms with E-state index in [4.69, 9.17) is 11.6 Å². The molecule has 2 amide bonds. The minimum Gasteiger partial charge on any atom is -0.352 e. The summed E-state index contributed by atoms with van der Waals surface area (Å²) < 4.78 is 13.6. The molecule has 0 aliphatic carbocycles. The molecule has 1 heterocycles. The summed E-state index contributed by atoms with van der Waals surface area (Å²) in [5, 5.41) is 5.33. The van der Waals surface area contributed by atoms with Crippen molar-refractivity contribution in [1.82, 2.24) is 15.6 Å². The highest BCUT2D eigenvalue weighted by Crippen LogP contribution is 2.18. The lowest BCUT2D eigenvalue weighted by Crippen LogP contribution is -2.30. The smallest absolute Gasteiger partial charge is 0.255 e. The molecule has 0 bridgehead atoms. The zero-order valence-electron chi connectivity index (χ0n) is 12.2.